The molecule has 0 heterocycles. The zero-order valence-electron chi connectivity index (χ0n) is 12.0. The van der Waals surface area contributed by atoms with Gasteiger partial charge in [0.2, 0.25) is 10.0 Å². The maximum Gasteiger partial charge on any atom is 0.238 e. The van der Waals surface area contributed by atoms with Crippen LogP contribution in [0.15, 0.2) is 29.2 Å². The third-order valence-corrected chi connectivity index (χ3v) is 4.78. The van der Waals surface area contributed by atoms with Gasteiger partial charge in [0.25, 0.3) is 0 Å². The van der Waals surface area contributed by atoms with Crippen LogP contribution in [0, 0.1) is 0 Å². The molecule has 0 aromatic heterocycles. The van der Waals surface area contributed by atoms with Gasteiger partial charge < -0.3 is 5.32 Å². The molecule has 0 aliphatic rings. The van der Waals surface area contributed by atoms with Gasteiger partial charge in [-0.25, -0.2) is 13.6 Å². The lowest BCUT2D eigenvalue weighted by Gasteiger charge is -2.20. The first-order chi connectivity index (χ1) is 9.20. The fourth-order valence-electron chi connectivity index (χ4n) is 1.91. The maximum atomic E-state index is 11.3. The van der Waals surface area contributed by atoms with Crippen molar-refractivity contribution in [3.8, 4) is 0 Å². The van der Waals surface area contributed by atoms with Crippen LogP contribution in [0.5, 0.6) is 0 Å². The second-order valence-corrected chi connectivity index (χ2v) is 8.09. The third-order valence-electron chi connectivity index (χ3n) is 3.06. The number of nitrogens with two attached hydrogens (primary N) is 1. The summed E-state index contributed by atoms with van der Waals surface area (Å²) in [6.45, 7) is 3.98. The normalized spacial score (nSPS) is 16.6. The molecule has 0 aliphatic heterocycles. The smallest absolute Gasteiger partial charge is 0.238 e. The van der Waals surface area contributed by atoms with Gasteiger partial charge in [0.15, 0.2) is 0 Å². The fraction of sp³-hybridized carbons (Fsp3) is 0.538. The summed E-state index contributed by atoms with van der Waals surface area (Å²) in [5.74, 6) is 0.651. The summed E-state index contributed by atoms with van der Waals surface area (Å²) >= 11 is 0. The summed E-state index contributed by atoms with van der Waals surface area (Å²) in [4.78, 5) is 0.117. The van der Waals surface area contributed by atoms with Crippen LogP contribution in [-0.2, 0) is 20.8 Å². The van der Waals surface area contributed by atoms with Gasteiger partial charge in [-0.05, 0) is 38.0 Å². The molecular weight excluding hydrogens is 296 g/mol. The molecule has 0 spiro atoms. The van der Waals surface area contributed by atoms with Gasteiger partial charge in [0.1, 0.15) is 0 Å². The summed E-state index contributed by atoms with van der Waals surface area (Å²) < 4.78 is 33.7. The highest BCUT2D eigenvalue weighted by Gasteiger charge is 2.13. The third kappa shape index (κ3) is 5.70. The Morgan fingerprint density at radius 2 is 2.00 bits per heavy atom. The summed E-state index contributed by atoms with van der Waals surface area (Å²) in [6.07, 6.45) is 2.49. The molecule has 0 radical (unpaired) electrons. The van der Waals surface area contributed by atoms with Crippen molar-refractivity contribution in [3.05, 3.63) is 29.8 Å². The number of sulfonamides is 1. The molecule has 1 rings (SSSR count). The average molecular weight is 318 g/mol. The predicted molar refractivity (Wildman–Crippen MR) is 82.4 cm³/mol. The first kappa shape index (κ1) is 17.3. The van der Waals surface area contributed by atoms with E-state index in [1.165, 1.54) is 6.07 Å². The number of hydrogen-bond donors (Lipinski definition) is 2. The molecule has 0 amide bonds. The summed E-state index contributed by atoms with van der Waals surface area (Å²) in [7, 11) is -4.47. The van der Waals surface area contributed by atoms with Crippen molar-refractivity contribution in [1.82, 2.24) is 5.32 Å². The lowest BCUT2D eigenvalue weighted by atomic mass is 10.1. The van der Waals surface area contributed by atoms with Crippen molar-refractivity contribution in [2.75, 3.05) is 12.0 Å². The van der Waals surface area contributed by atoms with E-state index in [1.54, 1.807) is 18.4 Å². The highest BCUT2D eigenvalue weighted by Crippen LogP contribution is 2.17. The van der Waals surface area contributed by atoms with Crippen LogP contribution in [0.1, 0.15) is 31.9 Å². The van der Waals surface area contributed by atoms with Crippen molar-refractivity contribution in [2.45, 2.75) is 37.2 Å². The maximum absolute atomic E-state index is 11.3. The molecule has 1 aromatic rings. The summed E-state index contributed by atoms with van der Waals surface area (Å²) in [5, 5.41) is 8.49. The van der Waals surface area contributed by atoms with Crippen molar-refractivity contribution in [1.29, 1.82) is 0 Å². The monoisotopic (exact) mass is 318 g/mol. The van der Waals surface area contributed by atoms with E-state index in [2.05, 4.69) is 5.32 Å². The van der Waals surface area contributed by atoms with E-state index in [-0.39, 0.29) is 17.0 Å². The minimum Gasteiger partial charge on any atom is -0.308 e. The van der Waals surface area contributed by atoms with Gasteiger partial charge in [0.05, 0.1) is 4.90 Å². The highest BCUT2D eigenvalue weighted by molar-refractivity contribution is 7.89. The molecule has 7 heteroatoms. The topological polar surface area (TPSA) is 89.3 Å². The van der Waals surface area contributed by atoms with Crippen molar-refractivity contribution in [2.24, 2.45) is 5.14 Å². The Balaban J connectivity index is 2.73. The van der Waals surface area contributed by atoms with E-state index < -0.39 is 20.8 Å². The van der Waals surface area contributed by atoms with Crippen molar-refractivity contribution < 1.29 is 12.6 Å². The van der Waals surface area contributed by atoms with Gasteiger partial charge in [-0.1, -0.05) is 12.1 Å². The molecule has 0 aliphatic carbocycles. The zero-order chi connectivity index (χ0) is 15.3. The van der Waals surface area contributed by atoms with E-state index in [0.717, 1.165) is 12.0 Å². The quantitative estimate of drug-likeness (QED) is 0.789. The highest BCUT2D eigenvalue weighted by atomic mass is 32.2. The van der Waals surface area contributed by atoms with Gasteiger partial charge in [-0.3, -0.25) is 4.21 Å². The Morgan fingerprint density at radius 1 is 1.35 bits per heavy atom. The molecule has 3 unspecified atom stereocenters. The van der Waals surface area contributed by atoms with Gasteiger partial charge in [-0.2, -0.15) is 0 Å². The number of nitrogens with one attached hydrogen (secondary N) is 1. The van der Waals surface area contributed by atoms with Crippen LogP contribution in [0.25, 0.3) is 0 Å². The van der Waals surface area contributed by atoms with Crippen LogP contribution in [-0.4, -0.2) is 30.7 Å². The fourth-order valence-corrected chi connectivity index (χ4v) is 3.16. The van der Waals surface area contributed by atoms with E-state index in [4.69, 9.17) is 5.14 Å². The molecule has 3 N–H and O–H groups in total. The van der Waals surface area contributed by atoms with Gasteiger partial charge in [-0.15, -0.1) is 0 Å². The van der Waals surface area contributed by atoms with Crippen molar-refractivity contribution >= 4 is 20.8 Å². The molecule has 114 valence electrons. The number of hydrogen-bond acceptors (Lipinski definition) is 4. The van der Waals surface area contributed by atoms with E-state index >= 15 is 0 Å². The Kier molecular flexibility index (Phi) is 6.32. The molecule has 3 atom stereocenters. The predicted octanol–water partition coefficient (Wildman–Crippen LogP) is 1.14. The number of primary sulfonamides is 1. The lowest BCUT2D eigenvalue weighted by molar-refractivity contribution is 0.470. The van der Waals surface area contributed by atoms with Crippen LogP contribution in [0.2, 0.25) is 0 Å². The Morgan fingerprint density at radius 3 is 2.55 bits per heavy atom. The van der Waals surface area contributed by atoms with Crippen LogP contribution in [0.4, 0.5) is 0 Å². The lowest BCUT2D eigenvalue weighted by Crippen LogP contribution is -2.30. The molecule has 0 saturated heterocycles. The first-order valence-corrected chi connectivity index (χ1v) is 9.66. The van der Waals surface area contributed by atoms with Crippen LogP contribution < -0.4 is 10.5 Å². The molecule has 0 fully saturated rings. The van der Waals surface area contributed by atoms with Crippen LogP contribution in [0.3, 0.4) is 0 Å². The van der Waals surface area contributed by atoms with Crippen LogP contribution >= 0.6 is 0 Å². The second kappa shape index (κ2) is 7.31. The number of benzene rings is 1. The Bertz CT molecular complexity index is 573. The minimum absolute atomic E-state index is 0.00279. The Hall–Kier alpha value is -0.760. The SMILES string of the molecule is CC(CCS(C)=O)NC(C)c1cccc(S(N)(=O)=O)c1. The van der Waals surface area contributed by atoms with E-state index in [9.17, 15) is 12.6 Å². The van der Waals surface area contributed by atoms with Crippen molar-refractivity contribution in [3.63, 3.8) is 0 Å². The summed E-state index contributed by atoms with van der Waals surface area (Å²) in [6, 6.07) is 6.80. The standard InChI is InChI=1S/C13H22N2O3S2/c1-10(7-8-19(3)16)15-11(2)12-5-4-6-13(9-12)20(14,17)18/h4-6,9-11,15H,7-8H2,1-3H3,(H2,14,17,18). The molecular formula is C13H22N2O3S2. The van der Waals surface area contributed by atoms with E-state index in [1.807, 2.05) is 19.9 Å². The summed E-state index contributed by atoms with van der Waals surface area (Å²) in [5.41, 5.74) is 0.862. The van der Waals surface area contributed by atoms with Gasteiger partial charge in [0, 0.05) is 34.9 Å². The molecule has 0 saturated carbocycles. The molecule has 0 bridgehead atoms. The largest absolute Gasteiger partial charge is 0.308 e. The average Bonchev–Trinajstić information content (AvgIpc) is 2.35. The van der Waals surface area contributed by atoms with Gasteiger partial charge >= 0.3 is 0 Å². The number of rotatable bonds is 7. The first-order valence-electron chi connectivity index (χ1n) is 6.39. The van der Waals surface area contributed by atoms with E-state index in [0.29, 0.717) is 5.75 Å². The second-order valence-electron chi connectivity index (χ2n) is 4.97. The zero-order valence-corrected chi connectivity index (χ0v) is 13.6. The Labute approximate surface area is 123 Å². The minimum atomic E-state index is -3.68. The molecule has 20 heavy (non-hydrogen) atoms. The molecule has 5 nitrogen and oxygen atoms in total. The molecule has 1 aromatic carbocycles.